The van der Waals surface area contributed by atoms with Crippen molar-refractivity contribution < 1.29 is 24.5 Å². The highest BCUT2D eigenvalue weighted by molar-refractivity contribution is 5.76. The highest BCUT2D eigenvalue weighted by Crippen LogP contribution is 2.16. The fourth-order valence-corrected chi connectivity index (χ4v) is 7.51. The minimum absolute atomic E-state index is 0.0280. The van der Waals surface area contributed by atoms with Crippen LogP contribution in [0.4, 0.5) is 0 Å². The third-order valence-corrected chi connectivity index (χ3v) is 11.3. The summed E-state index contributed by atoms with van der Waals surface area (Å²) >= 11 is 0. The quantitative estimate of drug-likeness (QED) is 0.0325. The van der Waals surface area contributed by atoms with E-state index in [4.69, 9.17) is 4.74 Å². The van der Waals surface area contributed by atoms with Crippen molar-refractivity contribution >= 4 is 11.9 Å². The number of amides is 1. The van der Waals surface area contributed by atoms with E-state index in [0.717, 1.165) is 83.5 Å². The van der Waals surface area contributed by atoms with Crippen molar-refractivity contribution in [3.8, 4) is 0 Å². The number of hydrogen-bond donors (Lipinski definition) is 3. The molecule has 0 heterocycles. The van der Waals surface area contributed by atoms with Crippen molar-refractivity contribution in [1.82, 2.24) is 5.32 Å². The minimum atomic E-state index is -0.679. The minimum Gasteiger partial charge on any atom is -0.466 e. The van der Waals surface area contributed by atoms with E-state index in [0.29, 0.717) is 25.9 Å². The maximum atomic E-state index is 12.4. The molecule has 0 fully saturated rings. The molecule has 0 aliphatic heterocycles. The van der Waals surface area contributed by atoms with E-state index < -0.39 is 12.1 Å². The van der Waals surface area contributed by atoms with Crippen LogP contribution in [0.5, 0.6) is 0 Å². The number of esters is 1. The predicted octanol–water partition coefficient (Wildman–Crippen LogP) is 14.2. The Labute approximate surface area is 342 Å². The van der Waals surface area contributed by atoms with Crippen LogP contribution in [0.15, 0.2) is 12.2 Å². The van der Waals surface area contributed by atoms with Crippen LogP contribution in [0.3, 0.4) is 0 Å². The van der Waals surface area contributed by atoms with Crippen LogP contribution in [0.2, 0.25) is 0 Å². The van der Waals surface area contributed by atoms with Gasteiger partial charge in [-0.25, -0.2) is 0 Å². The van der Waals surface area contributed by atoms with E-state index in [9.17, 15) is 19.8 Å². The van der Waals surface area contributed by atoms with Gasteiger partial charge in [0.1, 0.15) is 0 Å². The first-order chi connectivity index (χ1) is 27.0. The van der Waals surface area contributed by atoms with Crippen LogP contribution in [0, 0.1) is 0 Å². The first-order valence-corrected chi connectivity index (χ1v) is 24.4. The van der Waals surface area contributed by atoms with Gasteiger partial charge in [0.25, 0.3) is 0 Å². The lowest BCUT2D eigenvalue weighted by Gasteiger charge is -2.22. The third kappa shape index (κ3) is 42.0. The number of hydrogen-bond acceptors (Lipinski definition) is 5. The number of unbranched alkanes of at least 4 members (excludes halogenated alkanes) is 32. The molecule has 6 heteroatoms. The van der Waals surface area contributed by atoms with Crippen molar-refractivity contribution in [1.29, 1.82) is 0 Å². The molecule has 0 saturated heterocycles. The molecule has 0 saturated carbocycles. The lowest BCUT2D eigenvalue weighted by Crippen LogP contribution is -2.45. The van der Waals surface area contributed by atoms with Crippen LogP contribution < -0.4 is 5.32 Å². The Bertz CT molecular complexity index is 817. The summed E-state index contributed by atoms with van der Waals surface area (Å²) in [6, 6.07) is -0.559. The molecule has 0 aliphatic rings. The van der Waals surface area contributed by atoms with Crippen molar-refractivity contribution in [3.05, 3.63) is 12.2 Å². The van der Waals surface area contributed by atoms with Crippen LogP contribution in [0.1, 0.15) is 264 Å². The molecule has 0 radical (unpaired) electrons. The molecule has 0 spiro atoms. The number of carbonyl (C=O) groups excluding carboxylic acids is 2. The van der Waals surface area contributed by atoms with Crippen LogP contribution in [-0.4, -0.2) is 47.4 Å². The highest BCUT2D eigenvalue weighted by Gasteiger charge is 2.20. The zero-order valence-electron chi connectivity index (χ0n) is 36.9. The Balaban J connectivity index is 3.48. The SMILES string of the molecule is CCCCCCCCCCCCCCCCCCC(=O)OCCCC/C=C\CCCCCCCC(=O)NC(CO)C(O)CCCCCCCCCCCCC. The fraction of sp³-hybridized carbons (Fsp3) is 0.918. The molecular formula is C49H95NO5. The van der Waals surface area contributed by atoms with Crippen molar-refractivity contribution in [3.63, 3.8) is 0 Å². The Morgan fingerprint density at radius 2 is 0.855 bits per heavy atom. The number of carbonyl (C=O) groups is 2. The zero-order valence-corrected chi connectivity index (χ0v) is 36.9. The second-order valence-corrected chi connectivity index (χ2v) is 16.8. The van der Waals surface area contributed by atoms with E-state index in [1.165, 1.54) is 148 Å². The van der Waals surface area contributed by atoms with Crippen molar-refractivity contribution in [2.75, 3.05) is 13.2 Å². The summed E-state index contributed by atoms with van der Waals surface area (Å²) in [6.45, 7) is 4.87. The topological polar surface area (TPSA) is 95.9 Å². The van der Waals surface area contributed by atoms with Gasteiger partial charge in [-0.3, -0.25) is 9.59 Å². The van der Waals surface area contributed by atoms with E-state index in [1.807, 2.05) is 0 Å². The molecule has 6 nitrogen and oxygen atoms in total. The second-order valence-electron chi connectivity index (χ2n) is 16.8. The third-order valence-electron chi connectivity index (χ3n) is 11.3. The first-order valence-electron chi connectivity index (χ1n) is 24.4. The summed E-state index contributed by atoms with van der Waals surface area (Å²) in [6.07, 6.45) is 50.4. The van der Waals surface area contributed by atoms with E-state index in [-0.39, 0.29) is 18.5 Å². The van der Waals surface area contributed by atoms with Crippen LogP contribution in [-0.2, 0) is 14.3 Å². The predicted molar refractivity (Wildman–Crippen MR) is 237 cm³/mol. The molecule has 2 atom stereocenters. The number of aliphatic hydroxyl groups excluding tert-OH is 2. The molecular weight excluding hydrogens is 683 g/mol. The standard InChI is InChI=1S/C49H95NO5/c1-3-5-7-9-11-13-15-16-17-18-19-23-27-31-35-39-43-49(54)55-44-40-36-32-28-24-20-22-26-30-34-38-42-48(53)50-46(45-51)47(52)41-37-33-29-25-21-14-12-10-8-6-4-2/h24,28,46-47,51-52H,3-23,25-27,29-45H2,1-2H3,(H,50,53)/b28-24-. The van der Waals surface area contributed by atoms with Gasteiger partial charge >= 0.3 is 5.97 Å². The Kier molecular flexibility index (Phi) is 44.2. The lowest BCUT2D eigenvalue weighted by molar-refractivity contribution is -0.143. The summed E-state index contributed by atoms with van der Waals surface area (Å²) in [5.74, 6) is -0.0927. The molecule has 326 valence electrons. The molecule has 0 aromatic carbocycles. The summed E-state index contributed by atoms with van der Waals surface area (Å²) in [7, 11) is 0. The van der Waals surface area contributed by atoms with E-state index in [1.54, 1.807) is 0 Å². The van der Waals surface area contributed by atoms with Gasteiger partial charge in [-0.1, -0.05) is 212 Å². The molecule has 55 heavy (non-hydrogen) atoms. The molecule has 3 N–H and O–H groups in total. The van der Waals surface area contributed by atoms with Gasteiger partial charge in [0, 0.05) is 12.8 Å². The molecule has 0 aromatic rings. The number of ether oxygens (including phenoxy) is 1. The lowest BCUT2D eigenvalue weighted by atomic mass is 10.0. The van der Waals surface area contributed by atoms with Gasteiger partial charge in [0.2, 0.25) is 5.91 Å². The Hall–Kier alpha value is -1.40. The summed E-state index contributed by atoms with van der Waals surface area (Å²) in [4.78, 5) is 24.4. The van der Waals surface area contributed by atoms with Crippen molar-refractivity contribution in [2.45, 2.75) is 276 Å². The number of rotatable bonds is 45. The Morgan fingerprint density at radius 3 is 1.29 bits per heavy atom. The normalized spacial score (nSPS) is 12.7. The van der Waals surface area contributed by atoms with Crippen molar-refractivity contribution in [2.24, 2.45) is 0 Å². The fourth-order valence-electron chi connectivity index (χ4n) is 7.51. The molecule has 0 rings (SSSR count). The average Bonchev–Trinajstić information content (AvgIpc) is 3.18. The van der Waals surface area contributed by atoms with Gasteiger partial charge < -0.3 is 20.3 Å². The largest absolute Gasteiger partial charge is 0.466 e. The van der Waals surface area contributed by atoms with Gasteiger partial charge in [-0.15, -0.1) is 0 Å². The van der Waals surface area contributed by atoms with Gasteiger partial charge in [0.15, 0.2) is 0 Å². The molecule has 0 aliphatic carbocycles. The van der Waals surface area contributed by atoms with Crippen LogP contribution >= 0.6 is 0 Å². The first kappa shape index (κ1) is 53.6. The molecule has 2 unspecified atom stereocenters. The second kappa shape index (κ2) is 45.3. The number of nitrogens with one attached hydrogen (secondary N) is 1. The Morgan fingerprint density at radius 1 is 0.491 bits per heavy atom. The van der Waals surface area contributed by atoms with Gasteiger partial charge in [0.05, 0.1) is 25.4 Å². The number of aliphatic hydroxyl groups is 2. The maximum absolute atomic E-state index is 12.4. The maximum Gasteiger partial charge on any atom is 0.305 e. The molecule has 0 bridgehead atoms. The molecule has 0 aromatic heterocycles. The smallest absolute Gasteiger partial charge is 0.305 e. The summed E-state index contributed by atoms with van der Waals surface area (Å²) in [5.41, 5.74) is 0. The van der Waals surface area contributed by atoms with Gasteiger partial charge in [-0.2, -0.15) is 0 Å². The van der Waals surface area contributed by atoms with Gasteiger partial charge in [-0.05, 0) is 51.4 Å². The zero-order chi connectivity index (χ0) is 40.1. The van der Waals surface area contributed by atoms with Crippen LogP contribution in [0.25, 0.3) is 0 Å². The molecule has 1 amide bonds. The summed E-state index contributed by atoms with van der Waals surface area (Å²) < 4.78 is 5.44. The summed E-state index contributed by atoms with van der Waals surface area (Å²) in [5, 5.41) is 23.1. The average molecular weight is 778 g/mol. The monoisotopic (exact) mass is 778 g/mol. The number of allylic oxidation sites excluding steroid dienone is 2. The van der Waals surface area contributed by atoms with E-state index in [2.05, 4.69) is 31.3 Å². The van der Waals surface area contributed by atoms with E-state index >= 15 is 0 Å². The highest BCUT2D eigenvalue weighted by atomic mass is 16.5.